The highest BCUT2D eigenvalue weighted by molar-refractivity contribution is 7.80. The molecule has 0 aromatic carbocycles. The zero-order valence-corrected chi connectivity index (χ0v) is 11.0. The van der Waals surface area contributed by atoms with E-state index in [4.69, 9.17) is 23.1 Å². The minimum Gasteiger partial charge on any atom is -0.396 e. The normalized spacial score (nSPS) is 18.4. The van der Waals surface area contributed by atoms with E-state index in [0.717, 1.165) is 25.8 Å². The third-order valence-corrected chi connectivity index (χ3v) is 3.66. The van der Waals surface area contributed by atoms with Crippen LogP contribution < -0.4 is 5.73 Å². The van der Waals surface area contributed by atoms with Crippen molar-refractivity contribution in [1.82, 2.24) is 4.90 Å². The molecule has 0 radical (unpaired) electrons. The molecule has 0 aromatic rings. The summed E-state index contributed by atoms with van der Waals surface area (Å²) in [5.41, 5.74) is 5.65. The molecule has 1 atom stereocenters. The third kappa shape index (κ3) is 4.00. The average Bonchev–Trinajstić information content (AvgIpc) is 2.17. The molecule has 94 valence electrons. The summed E-state index contributed by atoms with van der Waals surface area (Å²) in [4.78, 5) is 3.12. The van der Waals surface area contributed by atoms with Crippen LogP contribution in [0.15, 0.2) is 0 Å². The Morgan fingerprint density at radius 2 is 2.25 bits per heavy atom. The lowest BCUT2D eigenvalue weighted by atomic mass is 9.89. The molecule has 1 saturated carbocycles. The number of rotatable bonds is 8. The second-order valence-electron chi connectivity index (χ2n) is 4.63. The maximum absolute atomic E-state index is 8.95. The second-order valence-corrected chi connectivity index (χ2v) is 5.16. The summed E-state index contributed by atoms with van der Waals surface area (Å²) in [6.45, 7) is 3.43. The molecule has 0 bridgehead atoms. The molecule has 1 unspecified atom stereocenters. The smallest absolute Gasteiger partial charge is 0.0743 e. The molecule has 0 saturated heterocycles. The van der Waals surface area contributed by atoms with Gasteiger partial charge in [0.05, 0.1) is 4.99 Å². The SMILES string of the molecule is CCC(CC(N)=S)N(CCCO)C1CCC1. The fourth-order valence-electron chi connectivity index (χ4n) is 2.36. The Kier molecular flexibility index (Phi) is 6.24. The standard InChI is InChI=1S/C12H24N2OS/c1-2-10(9-12(13)16)14(7-4-8-15)11-5-3-6-11/h10-11,15H,2-9H2,1H3,(H2,13,16). The molecule has 4 heteroatoms. The fourth-order valence-corrected chi connectivity index (χ4v) is 2.56. The Labute approximate surface area is 104 Å². The van der Waals surface area contributed by atoms with E-state index in [1.165, 1.54) is 19.3 Å². The van der Waals surface area contributed by atoms with Crippen molar-refractivity contribution in [3.8, 4) is 0 Å². The van der Waals surface area contributed by atoms with Crippen molar-refractivity contribution in [2.75, 3.05) is 13.2 Å². The van der Waals surface area contributed by atoms with Gasteiger partial charge in [0.15, 0.2) is 0 Å². The van der Waals surface area contributed by atoms with Gasteiger partial charge in [0.1, 0.15) is 0 Å². The quantitative estimate of drug-likeness (QED) is 0.638. The molecule has 0 heterocycles. The highest BCUT2D eigenvalue weighted by Gasteiger charge is 2.29. The lowest BCUT2D eigenvalue weighted by Crippen LogP contribution is -2.48. The maximum atomic E-state index is 8.95. The number of aliphatic hydroxyl groups excluding tert-OH is 1. The van der Waals surface area contributed by atoms with E-state index in [9.17, 15) is 0 Å². The number of thiocarbonyl (C=S) groups is 1. The molecule has 3 N–H and O–H groups in total. The largest absolute Gasteiger partial charge is 0.396 e. The van der Waals surface area contributed by atoms with Crippen molar-refractivity contribution in [2.45, 2.75) is 57.5 Å². The van der Waals surface area contributed by atoms with E-state index in [2.05, 4.69) is 11.8 Å². The van der Waals surface area contributed by atoms with Crippen LogP contribution in [0, 0.1) is 0 Å². The topological polar surface area (TPSA) is 49.5 Å². The molecule has 0 aliphatic heterocycles. The van der Waals surface area contributed by atoms with E-state index in [0.29, 0.717) is 17.1 Å². The minimum atomic E-state index is 0.271. The molecule has 1 fully saturated rings. The van der Waals surface area contributed by atoms with Crippen LogP contribution >= 0.6 is 12.2 Å². The number of hydrogen-bond donors (Lipinski definition) is 2. The van der Waals surface area contributed by atoms with Crippen LogP contribution in [0.1, 0.15) is 45.4 Å². The van der Waals surface area contributed by atoms with E-state index in [-0.39, 0.29) is 6.61 Å². The van der Waals surface area contributed by atoms with Gasteiger partial charge < -0.3 is 10.8 Å². The molecule has 16 heavy (non-hydrogen) atoms. The molecule has 1 aliphatic rings. The van der Waals surface area contributed by atoms with Crippen LogP contribution in [0.25, 0.3) is 0 Å². The predicted octanol–water partition coefficient (Wildman–Crippen LogP) is 1.68. The van der Waals surface area contributed by atoms with E-state index in [1.54, 1.807) is 0 Å². The van der Waals surface area contributed by atoms with E-state index >= 15 is 0 Å². The lowest BCUT2D eigenvalue weighted by Gasteiger charge is -2.42. The van der Waals surface area contributed by atoms with Gasteiger partial charge >= 0.3 is 0 Å². The van der Waals surface area contributed by atoms with Gasteiger partial charge in [-0.05, 0) is 25.7 Å². The first-order valence-corrected chi connectivity index (χ1v) is 6.74. The molecule has 0 spiro atoms. The Balaban J connectivity index is 2.52. The summed E-state index contributed by atoms with van der Waals surface area (Å²) in [5.74, 6) is 0. The molecule has 1 aliphatic carbocycles. The summed E-state index contributed by atoms with van der Waals surface area (Å²) in [6, 6.07) is 1.17. The van der Waals surface area contributed by atoms with Crippen LogP contribution in [-0.2, 0) is 0 Å². The molecular weight excluding hydrogens is 220 g/mol. The highest BCUT2D eigenvalue weighted by Crippen LogP contribution is 2.28. The number of hydrogen-bond acceptors (Lipinski definition) is 3. The first kappa shape index (κ1) is 13.9. The zero-order valence-electron chi connectivity index (χ0n) is 10.2. The van der Waals surface area contributed by atoms with Crippen molar-refractivity contribution < 1.29 is 5.11 Å². The van der Waals surface area contributed by atoms with Crippen LogP contribution in [0.4, 0.5) is 0 Å². The summed E-state index contributed by atoms with van der Waals surface area (Å²) in [5, 5.41) is 8.95. The first-order valence-electron chi connectivity index (χ1n) is 6.34. The Morgan fingerprint density at radius 3 is 2.62 bits per heavy atom. The maximum Gasteiger partial charge on any atom is 0.0743 e. The van der Waals surface area contributed by atoms with Gasteiger partial charge in [-0.3, -0.25) is 4.90 Å². The first-order chi connectivity index (χ1) is 7.69. The van der Waals surface area contributed by atoms with Gasteiger partial charge in [-0.1, -0.05) is 25.6 Å². The zero-order chi connectivity index (χ0) is 12.0. The Bertz CT molecular complexity index is 219. The van der Waals surface area contributed by atoms with Crippen LogP contribution in [0.3, 0.4) is 0 Å². The average molecular weight is 244 g/mol. The Morgan fingerprint density at radius 1 is 1.56 bits per heavy atom. The van der Waals surface area contributed by atoms with Crippen molar-refractivity contribution in [3.63, 3.8) is 0 Å². The van der Waals surface area contributed by atoms with Crippen molar-refractivity contribution >= 4 is 17.2 Å². The van der Waals surface area contributed by atoms with Gasteiger partial charge in [-0.15, -0.1) is 0 Å². The van der Waals surface area contributed by atoms with Crippen LogP contribution in [0.2, 0.25) is 0 Å². The number of nitrogens with two attached hydrogens (primary N) is 1. The van der Waals surface area contributed by atoms with Gasteiger partial charge in [-0.2, -0.15) is 0 Å². The van der Waals surface area contributed by atoms with Crippen molar-refractivity contribution in [1.29, 1.82) is 0 Å². The third-order valence-electron chi connectivity index (χ3n) is 3.50. The van der Waals surface area contributed by atoms with Gasteiger partial charge in [0.2, 0.25) is 0 Å². The molecule has 0 amide bonds. The highest BCUT2D eigenvalue weighted by atomic mass is 32.1. The monoisotopic (exact) mass is 244 g/mol. The fraction of sp³-hybridized carbons (Fsp3) is 0.917. The second kappa shape index (κ2) is 7.20. The van der Waals surface area contributed by atoms with Crippen molar-refractivity contribution in [3.05, 3.63) is 0 Å². The van der Waals surface area contributed by atoms with Gasteiger partial charge in [-0.25, -0.2) is 0 Å². The summed E-state index contributed by atoms with van der Waals surface area (Å²) >= 11 is 5.01. The molecule has 1 rings (SSSR count). The van der Waals surface area contributed by atoms with E-state index in [1.807, 2.05) is 0 Å². The number of nitrogens with zero attached hydrogens (tertiary/aromatic N) is 1. The van der Waals surface area contributed by atoms with Crippen molar-refractivity contribution in [2.24, 2.45) is 5.73 Å². The van der Waals surface area contributed by atoms with Crippen LogP contribution in [0.5, 0.6) is 0 Å². The summed E-state index contributed by atoms with van der Waals surface area (Å²) in [7, 11) is 0. The minimum absolute atomic E-state index is 0.271. The Hall–Kier alpha value is -0.190. The van der Waals surface area contributed by atoms with Gasteiger partial charge in [0.25, 0.3) is 0 Å². The lowest BCUT2D eigenvalue weighted by molar-refractivity contribution is 0.0724. The summed E-state index contributed by atoms with van der Waals surface area (Å²) < 4.78 is 0. The molecule has 0 aromatic heterocycles. The van der Waals surface area contributed by atoms with Crippen LogP contribution in [-0.4, -0.2) is 40.2 Å². The van der Waals surface area contributed by atoms with E-state index < -0.39 is 0 Å². The summed E-state index contributed by atoms with van der Waals surface area (Å²) in [6.07, 6.45) is 6.67. The van der Waals surface area contributed by atoms with Gasteiger partial charge in [0, 0.05) is 31.7 Å². The predicted molar refractivity (Wildman–Crippen MR) is 71.5 cm³/mol. The molecule has 3 nitrogen and oxygen atoms in total. The molecular formula is C12H24N2OS. The number of aliphatic hydroxyl groups is 1.